The van der Waals surface area contributed by atoms with Crippen molar-refractivity contribution in [3.8, 4) is 0 Å². The van der Waals surface area contributed by atoms with Crippen molar-refractivity contribution in [3.05, 3.63) is 41.6 Å². The predicted molar refractivity (Wildman–Crippen MR) is 112 cm³/mol. The summed E-state index contributed by atoms with van der Waals surface area (Å²) in [5, 5.41) is 20.8. The minimum atomic E-state index is -0.848. The zero-order valence-corrected chi connectivity index (χ0v) is 17.6. The van der Waals surface area contributed by atoms with Crippen LogP contribution in [0.25, 0.3) is 5.57 Å². The Morgan fingerprint density at radius 1 is 1.24 bits per heavy atom. The molecular weight excluding hydrogens is 372 g/mol. The van der Waals surface area contributed by atoms with Crippen LogP contribution in [-0.4, -0.2) is 78.1 Å². The fraction of sp³-hybridized carbons (Fsp3) is 0.476. The van der Waals surface area contributed by atoms with Crippen LogP contribution < -0.4 is 5.32 Å². The van der Waals surface area contributed by atoms with E-state index >= 15 is 0 Å². The summed E-state index contributed by atoms with van der Waals surface area (Å²) in [5.41, 5.74) is 1.35. The van der Waals surface area contributed by atoms with Crippen LogP contribution in [0.4, 0.5) is 4.79 Å². The van der Waals surface area contributed by atoms with Gasteiger partial charge in [0.25, 0.3) is 5.91 Å². The minimum Gasteiger partial charge on any atom is -0.444 e. The van der Waals surface area contributed by atoms with Gasteiger partial charge in [0.2, 0.25) is 0 Å². The number of ether oxygens (including phenoxy) is 1. The number of carbonyl (C=O) groups is 2. The van der Waals surface area contributed by atoms with Gasteiger partial charge in [-0.1, -0.05) is 12.1 Å². The van der Waals surface area contributed by atoms with Crippen LogP contribution >= 0.6 is 0 Å². The molecule has 1 fully saturated rings. The first-order valence-electron chi connectivity index (χ1n) is 9.49. The molecule has 1 aromatic rings. The number of likely N-dealkylation sites (tertiary alicyclic amines) is 1. The molecule has 2 amide bonds. The number of rotatable bonds is 5. The van der Waals surface area contributed by atoms with E-state index in [0.29, 0.717) is 11.1 Å². The molecule has 0 unspecified atom stereocenters. The van der Waals surface area contributed by atoms with Crippen LogP contribution in [0.5, 0.6) is 0 Å². The largest absolute Gasteiger partial charge is 0.444 e. The molecule has 1 aromatic carbocycles. The molecule has 0 aliphatic carbocycles. The maximum atomic E-state index is 12.9. The first-order chi connectivity index (χ1) is 13.6. The summed E-state index contributed by atoms with van der Waals surface area (Å²) in [7, 11) is 3.37. The molecule has 1 aliphatic heterocycles. The van der Waals surface area contributed by atoms with Crippen LogP contribution in [-0.2, 0) is 4.74 Å². The molecule has 1 heterocycles. The number of benzene rings is 1. The molecule has 1 saturated heterocycles. The number of β-amino-alcohol motifs (C(OH)–C–C–N with tert-alkyl or cyclic N) is 1. The molecule has 1 aliphatic rings. The average Bonchev–Trinajstić information content (AvgIpc) is 3.05. The summed E-state index contributed by atoms with van der Waals surface area (Å²) < 4.78 is 5.35. The van der Waals surface area contributed by atoms with Crippen molar-refractivity contribution in [1.29, 1.82) is 5.41 Å². The van der Waals surface area contributed by atoms with Gasteiger partial charge in [0.05, 0.1) is 18.7 Å². The van der Waals surface area contributed by atoms with Gasteiger partial charge >= 0.3 is 6.09 Å². The number of carbonyl (C=O) groups excluding carboxylic acids is 2. The molecule has 8 nitrogen and oxygen atoms in total. The van der Waals surface area contributed by atoms with Gasteiger partial charge < -0.3 is 30.4 Å². The lowest BCUT2D eigenvalue weighted by Crippen LogP contribution is -2.44. The summed E-state index contributed by atoms with van der Waals surface area (Å²) in [6, 6.07) is 6.40. The molecule has 158 valence electrons. The number of allylic oxidation sites excluding steroid dienone is 1. The van der Waals surface area contributed by atoms with E-state index < -0.39 is 23.8 Å². The maximum Gasteiger partial charge on any atom is 0.410 e. The standard InChI is InChI=1S/C21H30N4O4/c1-21(2,3)29-20(28)25-12-17(18(26)13-25)24(5)19(27)15-8-6-14(7-9-15)16(10-22)11-23-4/h6-11,17-18,22-23,26H,12-13H2,1-5H3/b16-11+,22-10?/t17-,18-/m0/s1. The van der Waals surface area contributed by atoms with E-state index in [1.165, 1.54) is 16.0 Å². The molecule has 0 radical (unpaired) electrons. The van der Waals surface area contributed by atoms with Crippen molar-refractivity contribution in [2.75, 3.05) is 27.2 Å². The molecule has 0 aromatic heterocycles. The molecule has 3 N–H and O–H groups in total. The Hall–Kier alpha value is -2.87. The van der Waals surface area contributed by atoms with Crippen molar-refractivity contribution in [2.45, 2.75) is 38.5 Å². The number of aliphatic hydroxyl groups is 1. The van der Waals surface area contributed by atoms with E-state index in [-0.39, 0.29) is 19.0 Å². The monoisotopic (exact) mass is 402 g/mol. The van der Waals surface area contributed by atoms with Gasteiger partial charge in [-0.25, -0.2) is 4.79 Å². The maximum absolute atomic E-state index is 12.9. The number of aliphatic hydroxyl groups excluding tert-OH is 1. The molecule has 8 heteroatoms. The Balaban J connectivity index is 2.09. The van der Waals surface area contributed by atoms with Gasteiger partial charge in [-0.05, 0) is 38.5 Å². The first kappa shape index (κ1) is 22.4. The van der Waals surface area contributed by atoms with Gasteiger partial charge in [-0.2, -0.15) is 0 Å². The lowest BCUT2D eigenvalue weighted by Gasteiger charge is -2.27. The van der Waals surface area contributed by atoms with Gasteiger partial charge in [0.15, 0.2) is 0 Å². The lowest BCUT2D eigenvalue weighted by molar-refractivity contribution is 0.0268. The number of likely N-dealkylation sites (N-methyl/N-ethyl adjacent to an activating group) is 1. The highest BCUT2D eigenvalue weighted by Gasteiger charge is 2.39. The van der Waals surface area contributed by atoms with Gasteiger partial charge in [0.1, 0.15) is 5.60 Å². The molecule has 0 spiro atoms. The number of hydrogen-bond acceptors (Lipinski definition) is 6. The van der Waals surface area contributed by atoms with E-state index in [0.717, 1.165) is 5.56 Å². The first-order valence-corrected chi connectivity index (χ1v) is 9.49. The summed E-state index contributed by atoms with van der Waals surface area (Å²) in [6.45, 7) is 5.67. The molecule has 2 rings (SSSR count). The van der Waals surface area contributed by atoms with E-state index in [9.17, 15) is 14.7 Å². The second-order valence-electron chi connectivity index (χ2n) is 8.05. The van der Waals surface area contributed by atoms with Crippen LogP contribution in [0.1, 0.15) is 36.7 Å². The normalized spacial score (nSPS) is 19.7. The number of nitrogens with one attached hydrogen (secondary N) is 2. The summed E-state index contributed by atoms with van der Waals surface area (Å²) >= 11 is 0. The lowest BCUT2D eigenvalue weighted by atomic mass is 10.0. The zero-order valence-electron chi connectivity index (χ0n) is 17.6. The Morgan fingerprint density at radius 2 is 1.83 bits per heavy atom. The van der Waals surface area contributed by atoms with E-state index in [2.05, 4.69) is 5.32 Å². The highest BCUT2D eigenvalue weighted by atomic mass is 16.6. The topological polar surface area (TPSA) is 106 Å². The fourth-order valence-electron chi connectivity index (χ4n) is 3.15. The summed E-state index contributed by atoms with van der Waals surface area (Å²) in [6.07, 6.45) is 1.59. The Kier molecular flexibility index (Phi) is 7.02. The second-order valence-corrected chi connectivity index (χ2v) is 8.05. The van der Waals surface area contributed by atoms with Crippen molar-refractivity contribution in [3.63, 3.8) is 0 Å². The number of hydrogen-bond donors (Lipinski definition) is 3. The smallest absolute Gasteiger partial charge is 0.410 e. The van der Waals surface area contributed by atoms with Crippen LogP contribution in [0, 0.1) is 5.41 Å². The average molecular weight is 402 g/mol. The highest BCUT2D eigenvalue weighted by molar-refractivity contribution is 6.08. The third kappa shape index (κ3) is 5.57. The quantitative estimate of drug-likeness (QED) is 0.653. The fourth-order valence-corrected chi connectivity index (χ4v) is 3.15. The van der Waals surface area contributed by atoms with Gasteiger partial charge in [0, 0.05) is 44.2 Å². The van der Waals surface area contributed by atoms with Crippen LogP contribution in [0.2, 0.25) is 0 Å². The number of nitrogens with zero attached hydrogens (tertiary/aromatic N) is 2. The van der Waals surface area contributed by atoms with Crippen LogP contribution in [0.15, 0.2) is 30.5 Å². The van der Waals surface area contributed by atoms with Crippen LogP contribution in [0.3, 0.4) is 0 Å². The second kappa shape index (κ2) is 9.09. The van der Waals surface area contributed by atoms with Crippen molar-refractivity contribution < 1.29 is 19.4 Å². The Labute approximate surface area is 171 Å². The third-order valence-electron chi connectivity index (χ3n) is 4.65. The SMILES string of the molecule is CN/C=C(\C=N)c1ccc(C(=O)N(C)[C@H]2CN(C(=O)OC(C)(C)C)C[C@@H]2O)cc1. The summed E-state index contributed by atoms with van der Waals surface area (Å²) in [5.74, 6) is -0.249. The van der Waals surface area contributed by atoms with Crippen molar-refractivity contribution in [2.24, 2.45) is 0 Å². The predicted octanol–water partition coefficient (Wildman–Crippen LogP) is 1.95. The van der Waals surface area contributed by atoms with E-state index in [1.807, 2.05) is 0 Å². The van der Waals surface area contributed by atoms with Crippen molar-refractivity contribution in [1.82, 2.24) is 15.1 Å². The zero-order chi connectivity index (χ0) is 21.8. The van der Waals surface area contributed by atoms with Gasteiger partial charge in [-0.3, -0.25) is 4.79 Å². The molecule has 0 saturated carbocycles. The summed E-state index contributed by atoms with van der Waals surface area (Å²) in [4.78, 5) is 28.0. The minimum absolute atomic E-state index is 0.119. The van der Waals surface area contributed by atoms with E-state index in [4.69, 9.17) is 10.1 Å². The van der Waals surface area contributed by atoms with Gasteiger partial charge in [-0.15, -0.1) is 0 Å². The highest BCUT2D eigenvalue weighted by Crippen LogP contribution is 2.21. The molecule has 29 heavy (non-hydrogen) atoms. The number of amides is 2. The molecule has 2 atom stereocenters. The molecular formula is C21H30N4O4. The Bertz CT molecular complexity index is 783. The van der Waals surface area contributed by atoms with E-state index in [1.54, 1.807) is 65.3 Å². The van der Waals surface area contributed by atoms with Crippen molar-refractivity contribution >= 4 is 23.8 Å². The third-order valence-corrected chi connectivity index (χ3v) is 4.65. The molecule has 0 bridgehead atoms. The Morgan fingerprint density at radius 3 is 2.34 bits per heavy atom.